The largest absolute Gasteiger partial charge is 0.481 e. The van der Waals surface area contributed by atoms with Crippen molar-refractivity contribution in [2.24, 2.45) is 0 Å². The standard InChI is InChI=1S/C9H18.C2H4O2.C2H6/c1-3-5-7-9-8-6-4-2;1-2(3)4;1-2/h3H,1,4-9H2,2H3;1H3,(H,3,4);1-2H3. The van der Waals surface area contributed by atoms with E-state index in [0.717, 1.165) is 6.92 Å². The molecule has 0 amide bonds. The zero-order chi connectivity index (χ0) is 12.5. The van der Waals surface area contributed by atoms with Crippen LogP contribution in [0.5, 0.6) is 0 Å². The molecule has 0 aliphatic heterocycles. The number of allylic oxidation sites excluding steroid dienone is 1. The lowest BCUT2D eigenvalue weighted by Crippen LogP contribution is -1.78. The fourth-order valence-electron chi connectivity index (χ4n) is 0.892. The highest BCUT2D eigenvalue weighted by Crippen LogP contribution is 2.04. The molecule has 0 heterocycles. The fourth-order valence-corrected chi connectivity index (χ4v) is 0.892. The van der Waals surface area contributed by atoms with Gasteiger partial charge in [-0.3, -0.25) is 4.79 Å². The summed E-state index contributed by atoms with van der Waals surface area (Å²) in [5, 5.41) is 7.42. The van der Waals surface area contributed by atoms with E-state index in [9.17, 15) is 0 Å². The zero-order valence-electron chi connectivity index (χ0n) is 10.9. The molecule has 0 unspecified atom stereocenters. The smallest absolute Gasteiger partial charge is 0.300 e. The average molecular weight is 216 g/mol. The first-order chi connectivity index (χ1) is 7.15. The van der Waals surface area contributed by atoms with Crippen LogP contribution in [0, 0.1) is 0 Å². The second-order valence-corrected chi connectivity index (χ2v) is 3.01. The Morgan fingerprint density at radius 3 is 1.93 bits per heavy atom. The summed E-state index contributed by atoms with van der Waals surface area (Å²) < 4.78 is 0. The first kappa shape index (κ1) is 19.7. The highest BCUT2D eigenvalue weighted by Gasteiger charge is 1.84. The van der Waals surface area contributed by atoms with Crippen LogP contribution in [0.4, 0.5) is 0 Å². The molecule has 0 bridgehead atoms. The summed E-state index contributed by atoms with van der Waals surface area (Å²) in [6.07, 6.45) is 10.1. The van der Waals surface area contributed by atoms with Crippen molar-refractivity contribution in [3.8, 4) is 0 Å². The highest BCUT2D eigenvalue weighted by atomic mass is 16.4. The molecule has 0 aliphatic carbocycles. The van der Waals surface area contributed by atoms with E-state index in [1.165, 1.54) is 38.5 Å². The van der Waals surface area contributed by atoms with Gasteiger partial charge in [0.25, 0.3) is 5.97 Å². The maximum absolute atomic E-state index is 9.00. The molecule has 0 aromatic carbocycles. The van der Waals surface area contributed by atoms with E-state index < -0.39 is 5.97 Å². The molecule has 0 fully saturated rings. The lowest BCUT2D eigenvalue weighted by atomic mass is 10.1. The summed E-state index contributed by atoms with van der Waals surface area (Å²) in [6.45, 7) is 11.0. The van der Waals surface area contributed by atoms with Crippen LogP contribution >= 0.6 is 0 Å². The first-order valence-corrected chi connectivity index (χ1v) is 5.95. The van der Waals surface area contributed by atoms with Crippen molar-refractivity contribution in [1.29, 1.82) is 0 Å². The number of aliphatic carboxylic acids is 1. The van der Waals surface area contributed by atoms with Crippen molar-refractivity contribution < 1.29 is 9.90 Å². The molecule has 15 heavy (non-hydrogen) atoms. The van der Waals surface area contributed by atoms with Crippen molar-refractivity contribution in [1.82, 2.24) is 0 Å². The predicted molar refractivity (Wildman–Crippen MR) is 68.2 cm³/mol. The quantitative estimate of drug-likeness (QED) is 0.518. The minimum absolute atomic E-state index is 0.833. The molecule has 0 radical (unpaired) electrons. The lowest BCUT2D eigenvalue weighted by Gasteiger charge is -1.94. The molecule has 2 heteroatoms. The second kappa shape index (κ2) is 23.2. The van der Waals surface area contributed by atoms with Gasteiger partial charge in [0.05, 0.1) is 0 Å². The molecule has 0 aromatic rings. The predicted octanol–water partition coefficient (Wildman–Crippen LogP) is 4.65. The van der Waals surface area contributed by atoms with Gasteiger partial charge in [-0.15, -0.1) is 6.58 Å². The van der Waals surface area contributed by atoms with E-state index in [1.807, 2.05) is 19.9 Å². The summed E-state index contributed by atoms with van der Waals surface area (Å²) in [5.74, 6) is -0.833. The Morgan fingerprint density at radius 1 is 1.20 bits per heavy atom. The van der Waals surface area contributed by atoms with Gasteiger partial charge in [0, 0.05) is 6.92 Å². The third kappa shape index (κ3) is 61.2. The van der Waals surface area contributed by atoms with Crippen molar-refractivity contribution in [3.63, 3.8) is 0 Å². The van der Waals surface area contributed by atoms with E-state index in [1.54, 1.807) is 0 Å². The van der Waals surface area contributed by atoms with Crippen LogP contribution < -0.4 is 0 Å². The number of carbonyl (C=O) groups is 1. The van der Waals surface area contributed by atoms with Gasteiger partial charge >= 0.3 is 0 Å². The lowest BCUT2D eigenvalue weighted by molar-refractivity contribution is -0.134. The Bertz CT molecular complexity index is 116. The van der Waals surface area contributed by atoms with Gasteiger partial charge in [0.15, 0.2) is 0 Å². The van der Waals surface area contributed by atoms with Gasteiger partial charge in [-0.25, -0.2) is 0 Å². The normalized spacial score (nSPS) is 7.73. The van der Waals surface area contributed by atoms with E-state index in [2.05, 4.69) is 13.5 Å². The topological polar surface area (TPSA) is 37.3 Å². The molecule has 0 atom stereocenters. The first-order valence-electron chi connectivity index (χ1n) is 5.95. The third-order valence-corrected chi connectivity index (χ3v) is 1.51. The van der Waals surface area contributed by atoms with Gasteiger partial charge < -0.3 is 5.11 Å². The number of carboxylic acid groups (broad SMARTS) is 1. The SMILES string of the molecule is C=CCCCCCCC.CC.CC(=O)O. The second-order valence-electron chi connectivity index (χ2n) is 3.01. The van der Waals surface area contributed by atoms with Crippen LogP contribution in [0.15, 0.2) is 12.7 Å². The maximum atomic E-state index is 9.00. The Kier molecular flexibility index (Phi) is 30.5. The Hall–Kier alpha value is -0.790. The van der Waals surface area contributed by atoms with Crippen LogP contribution in [0.2, 0.25) is 0 Å². The molecule has 1 N–H and O–H groups in total. The Morgan fingerprint density at radius 2 is 1.60 bits per heavy atom. The summed E-state index contributed by atoms with van der Waals surface area (Å²) in [7, 11) is 0. The van der Waals surface area contributed by atoms with Crippen molar-refractivity contribution >= 4 is 5.97 Å². The van der Waals surface area contributed by atoms with E-state index in [4.69, 9.17) is 9.90 Å². The molecule has 0 aliphatic rings. The van der Waals surface area contributed by atoms with E-state index in [0.29, 0.717) is 0 Å². The van der Waals surface area contributed by atoms with Crippen LogP contribution in [-0.2, 0) is 4.79 Å². The minimum Gasteiger partial charge on any atom is -0.481 e. The number of rotatable bonds is 6. The third-order valence-electron chi connectivity index (χ3n) is 1.51. The van der Waals surface area contributed by atoms with Crippen molar-refractivity contribution in [3.05, 3.63) is 12.7 Å². The molecular weight excluding hydrogens is 188 g/mol. The van der Waals surface area contributed by atoms with Crippen LogP contribution in [0.25, 0.3) is 0 Å². The van der Waals surface area contributed by atoms with Gasteiger partial charge in [-0.05, 0) is 12.8 Å². The number of hydrogen-bond donors (Lipinski definition) is 1. The molecule has 0 saturated heterocycles. The summed E-state index contributed by atoms with van der Waals surface area (Å²) >= 11 is 0. The molecule has 0 rings (SSSR count). The van der Waals surface area contributed by atoms with Crippen LogP contribution in [-0.4, -0.2) is 11.1 Å². The van der Waals surface area contributed by atoms with E-state index in [-0.39, 0.29) is 0 Å². The molecule has 0 spiro atoms. The molecule has 0 saturated carbocycles. The van der Waals surface area contributed by atoms with Crippen molar-refractivity contribution in [2.75, 3.05) is 0 Å². The monoisotopic (exact) mass is 216 g/mol. The Labute approximate surface area is 95.4 Å². The number of carboxylic acids is 1. The van der Waals surface area contributed by atoms with Crippen molar-refractivity contribution in [2.45, 2.75) is 66.2 Å². The van der Waals surface area contributed by atoms with E-state index >= 15 is 0 Å². The maximum Gasteiger partial charge on any atom is 0.300 e. The van der Waals surface area contributed by atoms with Gasteiger partial charge in [0.1, 0.15) is 0 Å². The molecule has 92 valence electrons. The molecular formula is C13H28O2. The molecule has 0 aromatic heterocycles. The zero-order valence-corrected chi connectivity index (χ0v) is 10.9. The van der Waals surface area contributed by atoms with Gasteiger partial charge in [0.2, 0.25) is 0 Å². The summed E-state index contributed by atoms with van der Waals surface area (Å²) in [5.41, 5.74) is 0. The van der Waals surface area contributed by atoms with Crippen LogP contribution in [0.1, 0.15) is 66.2 Å². The molecule has 2 nitrogen and oxygen atoms in total. The fraction of sp³-hybridized carbons (Fsp3) is 0.769. The summed E-state index contributed by atoms with van der Waals surface area (Å²) in [6, 6.07) is 0. The Balaban J connectivity index is -0.000000202. The average Bonchev–Trinajstić information content (AvgIpc) is 2.20. The van der Waals surface area contributed by atoms with Gasteiger partial charge in [-0.2, -0.15) is 0 Å². The highest BCUT2D eigenvalue weighted by molar-refractivity contribution is 5.62. The number of unbranched alkanes of at least 4 members (excludes halogenated alkanes) is 5. The van der Waals surface area contributed by atoms with Crippen LogP contribution in [0.3, 0.4) is 0 Å². The minimum atomic E-state index is -0.833. The van der Waals surface area contributed by atoms with Gasteiger partial charge in [-0.1, -0.05) is 52.5 Å². The summed E-state index contributed by atoms with van der Waals surface area (Å²) in [4.78, 5) is 9.00. The number of hydrogen-bond acceptors (Lipinski definition) is 1.